The number of piperazine rings is 1. The first-order chi connectivity index (χ1) is 18.7. The number of benzene rings is 2. The number of ether oxygens (including phenoxy) is 2. The van der Waals surface area contributed by atoms with Gasteiger partial charge in [0.15, 0.2) is 17.3 Å². The summed E-state index contributed by atoms with van der Waals surface area (Å²) in [6.45, 7) is 3.46. The van der Waals surface area contributed by atoms with Gasteiger partial charge < -0.3 is 30.7 Å². The summed E-state index contributed by atoms with van der Waals surface area (Å²) in [6, 6.07) is 6.07. The normalized spacial score (nSPS) is 14.3. The Kier molecular flexibility index (Phi) is 8.30. The molecular formula is C27H31F2N7O3. The number of nitrogens with two attached hydrogens (primary N) is 2. The number of halogens is 2. The highest BCUT2D eigenvalue weighted by Crippen LogP contribution is 2.37. The van der Waals surface area contributed by atoms with Gasteiger partial charge in [0.2, 0.25) is 11.9 Å². The van der Waals surface area contributed by atoms with E-state index >= 15 is 4.39 Å². The number of hydrogen-bond acceptors (Lipinski definition) is 9. The molecule has 1 unspecified atom stereocenters. The van der Waals surface area contributed by atoms with Crippen LogP contribution in [0.1, 0.15) is 30.0 Å². The van der Waals surface area contributed by atoms with E-state index in [1.165, 1.54) is 26.4 Å². The maximum Gasteiger partial charge on any atom is 0.228 e. The summed E-state index contributed by atoms with van der Waals surface area (Å²) < 4.78 is 39.6. The van der Waals surface area contributed by atoms with Gasteiger partial charge in [0.05, 0.1) is 19.8 Å². The Morgan fingerprint density at radius 3 is 2.51 bits per heavy atom. The third-order valence-electron chi connectivity index (χ3n) is 6.81. The Bertz CT molecular complexity index is 1430. The molecule has 206 valence electrons. The van der Waals surface area contributed by atoms with E-state index in [9.17, 15) is 14.4 Å². The smallest absolute Gasteiger partial charge is 0.228 e. The van der Waals surface area contributed by atoms with E-state index < -0.39 is 11.6 Å². The van der Waals surface area contributed by atoms with Crippen molar-refractivity contribution in [3.63, 3.8) is 0 Å². The molecule has 2 heterocycles. The van der Waals surface area contributed by atoms with Crippen molar-refractivity contribution in [1.29, 1.82) is 5.26 Å². The van der Waals surface area contributed by atoms with E-state index in [1.54, 1.807) is 17.9 Å². The lowest BCUT2D eigenvalue weighted by molar-refractivity contribution is -0.131. The fourth-order valence-corrected chi connectivity index (χ4v) is 4.81. The highest BCUT2D eigenvalue weighted by molar-refractivity contribution is 5.92. The monoisotopic (exact) mass is 539 g/mol. The van der Waals surface area contributed by atoms with Crippen molar-refractivity contribution in [2.24, 2.45) is 5.73 Å². The van der Waals surface area contributed by atoms with Gasteiger partial charge in [0, 0.05) is 44.0 Å². The van der Waals surface area contributed by atoms with Crippen LogP contribution in [0.3, 0.4) is 0 Å². The molecule has 4 rings (SSSR count). The van der Waals surface area contributed by atoms with Crippen LogP contribution in [0.5, 0.6) is 11.5 Å². The van der Waals surface area contributed by atoms with Gasteiger partial charge in [-0.3, -0.25) is 4.79 Å². The SMILES string of the molecule is COc1cc2c(N)nc(N3CCN(C(=O)CCc4ccc(F)c(C#N)c4CC(C)N)CC3)nc2c(F)c1OC. The maximum atomic E-state index is 15.1. The topological polar surface area (TPSA) is 144 Å². The van der Waals surface area contributed by atoms with Gasteiger partial charge in [-0.15, -0.1) is 0 Å². The second kappa shape index (κ2) is 11.7. The largest absolute Gasteiger partial charge is 0.493 e. The molecule has 39 heavy (non-hydrogen) atoms. The highest BCUT2D eigenvalue weighted by Gasteiger charge is 2.26. The highest BCUT2D eigenvalue weighted by atomic mass is 19.1. The maximum absolute atomic E-state index is 15.1. The zero-order valence-corrected chi connectivity index (χ0v) is 22.1. The van der Waals surface area contributed by atoms with Crippen molar-refractivity contribution in [3.05, 3.63) is 46.5 Å². The van der Waals surface area contributed by atoms with Crippen molar-refractivity contribution < 1.29 is 23.0 Å². The van der Waals surface area contributed by atoms with E-state index in [2.05, 4.69) is 9.97 Å². The molecule has 10 nitrogen and oxygen atoms in total. The average Bonchev–Trinajstić information content (AvgIpc) is 2.92. The first kappa shape index (κ1) is 27.8. The van der Waals surface area contributed by atoms with Gasteiger partial charge >= 0.3 is 0 Å². The van der Waals surface area contributed by atoms with Crippen LogP contribution in [-0.2, 0) is 17.6 Å². The van der Waals surface area contributed by atoms with Crippen molar-refractivity contribution in [3.8, 4) is 17.6 Å². The van der Waals surface area contributed by atoms with Crippen molar-refractivity contribution in [2.75, 3.05) is 51.0 Å². The summed E-state index contributed by atoms with van der Waals surface area (Å²) in [5.41, 5.74) is 13.3. The number of carbonyl (C=O) groups is 1. The molecule has 12 heteroatoms. The van der Waals surface area contributed by atoms with Crippen LogP contribution in [0.15, 0.2) is 18.2 Å². The van der Waals surface area contributed by atoms with Crippen LogP contribution in [0.25, 0.3) is 10.9 Å². The number of hydrogen-bond donors (Lipinski definition) is 2. The minimum atomic E-state index is -0.695. The predicted octanol–water partition coefficient (Wildman–Crippen LogP) is 2.55. The molecule has 1 amide bonds. The molecule has 0 saturated carbocycles. The zero-order chi connectivity index (χ0) is 28.3. The van der Waals surface area contributed by atoms with E-state index in [-0.39, 0.29) is 52.7 Å². The number of aromatic nitrogens is 2. The number of aryl methyl sites for hydroxylation is 1. The first-order valence-corrected chi connectivity index (χ1v) is 12.5. The fraction of sp³-hybridized carbons (Fsp3) is 0.407. The number of carbonyl (C=O) groups excluding carboxylic acids is 1. The summed E-state index contributed by atoms with van der Waals surface area (Å²) >= 11 is 0. The number of nitriles is 1. The minimum Gasteiger partial charge on any atom is -0.493 e. The minimum absolute atomic E-state index is 0.0204. The Balaban J connectivity index is 1.45. The summed E-state index contributed by atoms with van der Waals surface area (Å²) in [7, 11) is 2.74. The van der Waals surface area contributed by atoms with Crippen LogP contribution in [0, 0.1) is 23.0 Å². The van der Waals surface area contributed by atoms with Crippen LogP contribution in [0.2, 0.25) is 0 Å². The predicted molar refractivity (Wildman–Crippen MR) is 143 cm³/mol. The number of methoxy groups -OCH3 is 2. The van der Waals surface area contributed by atoms with Gasteiger partial charge in [0.1, 0.15) is 23.2 Å². The fourth-order valence-electron chi connectivity index (χ4n) is 4.81. The Morgan fingerprint density at radius 2 is 1.90 bits per heavy atom. The van der Waals surface area contributed by atoms with Crippen molar-refractivity contribution in [1.82, 2.24) is 14.9 Å². The van der Waals surface area contributed by atoms with Gasteiger partial charge in [-0.25, -0.2) is 13.8 Å². The third kappa shape index (κ3) is 5.63. The van der Waals surface area contributed by atoms with Crippen molar-refractivity contribution >= 4 is 28.6 Å². The molecule has 1 saturated heterocycles. The standard InChI is InChI=1S/C27H31F2N7O3/c1-15(31)12-17-16(4-6-20(28)19(17)14-30)5-7-22(37)35-8-10-36(11-9-35)27-33-24-18(26(32)34-27)13-21(38-2)25(39-3)23(24)29/h4,6,13,15H,5,7-12,31H2,1-3H3,(H2,32,33,34). The van der Waals surface area contributed by atoms with Gasteiger partial charge in [-0.05, 0) is 43.0 Å². The van der Waals surface area contributed by atoms with E-state index in [0.29, 0.717) is 50.0 Å². The van der Waals surface area contributed by atoms with Crippen LogP contribution < -0.4 is 25.8 Å². The van der Waals surface area contributed by atoms with Gasteiger partial charge in [0.25, 0.3) is 0 Å². The second-order valence-electron chi connectivity index (χ2n) is 9.45. The molecule has 0 radical (unpaired) electrons. The number of rotatable bonds is 8. The molecular weight excluding hydrogens is 508 g/mol. The second-order valence-corrected chi connectivity index (χ2v) is 9.45. The van der Waals surface area contributed by atoms with Crippen LogP contribution in [0.4, 0.5) is 20.5 Å². The lowest BCUT2D eigenvalue weighted by atomic mass is 9.93. The average molecular weight is 540 g/mol. The first-order valence-electron chi connectivity index (χ1n) is 12.5. The Hall–Kier alpha value is -4.24. The zero-order valence-electron chi connectivity index (χ0n) is 22.1. The summed E-state index contributed by atoms with van der Waals surface area (Å²) in [5.74, 6) is -0.872. The number of nitrogen functional groups attached to an aromatic ring is 1. The summed E-state index contributed by atoms with van der Waals surface area (Å²) in [5, 5.41) is 9.73. The van der Waals surface area contributed by atoms with Crippen molar-refractivity contribution in [2.45, 2.75) is 32.2 Å². The van der Waals surface area contributed by atoms with Crippen LogP contribution in [-0.4, -0.2) is 67.2 Å². The Labute approximate surface area is 225 Å². The lowest BCUT2D eigenvalue weighted by Gasteiger charge is -2.35. The lowest BCUT2D eigenvalue weighted by Crippen LogP contribution is -2.49. The molecule has 0 aliphatic carbocycles. The van der Waals surface area contributed by atoms with E-state index in [1.807, 2.05) is 11.0 Å². The molecule has 1 aliphatic rings. The number of anilines is 2. The molecule has 2 aromatic carbocycles. The Morgan fingerprint density at radius 1 is 1.18 bits per heavy atom. The van der Waals surface area contributed by atoms with E-state index in [0.717, 1.165) is 5.56 Å². The molecule has 4 N–H and O–H groups in total. The molecule has 1 aliphatic heterocycles. The number of amides is 1. The molecule has 1 aromatic heterocycles. The molecule has 1 fully saturated rings. The summed E-state index contributed by atoms with van der Waals surface area (Å²) in [6.07, 6.45) is 0.913. The number of nitrogens with zero attached hydrogens (tertiary/aromatic N) is 5. The molecule has 1 atom stereocenters. The van der Waals surface area contributed by atoms with Gasteiger partial charge in [-0.2, -0.15) is 10.2 Å². The molecule has 3 aromatic rings. The third-order valence-corrected chi connectivity index (χ3v) is 6.81. The molecule has 0 bridgehead atoms. The summed E-state index contributed by atoms with van der Waals surface area (Å²) in [4.78, 5) is 25.3. The van der Waals surface area contributed by atoms with E-state index in [4.69, 9.17) is 20.9 Å². The number of fused-ring (bicyclic) bond motifs is 1. The quantitative estimate of drug-likeness (QED) is 0.441. The molecule has 0 spiro atoms. The van der Waals surface area contributed by atoms with Crippen LogP contribution >= 0.6 is 0 Å². The van der Waals surface area contributed by atoms with Gasteiger partial charge in [-0.1, -0.05) is 6.07 Å².